The molecule has 0 spiro atoms. The van der Waals surface area contributed by atoms with Gasteiger partial charge >= 0.3 is 0 Å². The number of hydrogen-bond acceptors (Lipinski definition) is 4. The first-order valence-electron chi connectivity index (χ1n) is 9.62. The Morgan fingerprint density at radius 1 is 1.38 bits per heavy atom. The standard InChI is InChI=1S/C19H30N6S/c1-4-17-12-22-18(26-17)6-8-21-19(20-5-2)25-9-7-15(14-25)10-16-11-23-24(3)13-16/h11-13,15H,4-10,14H2,1-3H3,(H,20,21). The van der Waals surface area contributed by atoms with Crippen molar-refractivity contribution in [2.75, 3.05) is 26.2 Å². The molecular formula is C19H30N6S. The zero-order chi connectivity index (χ0) is 18.4. The average Bonchev–Trinajstić information content (AvgIpc) is 3.36. The van der Waals surface area contributed by atoms with Crippen LogP contribution in [0.1, 0.15) is 35.7 Å². The molecule has 6 nitrogen and oxygen atoms in total. The molecule has 1 saturated heterocycles. The Balaban J connectivity index is 1.53. The van der Waals surface area contributed by atoms with E-state index < -0.39 is 0 Å². The van der Waals surface area contributed by atoms with Gasteiger partial charge in [0.2, 0.25) is 0 Å². The number of likely N-dealkylation sites (tertiary alicyclic amines) is 1. The van der Waals surface area contributed by atoms with Crippen molar-refractivity contribution in [1.82, 2.24) is 25.0 Å². The quantitative estimate of drug-likeness (QED) is 0.598. The van der Waals surface area contributed by atoms with Crippen molar-refractivity contribution in [1.29, 1.82) is 0 Å². The number of rotatable bonds is 7. The van der Waals surface area contributed by atoms with Crippen LogP contribution in [0.3, 0.4) is 0 Å². The zero-order valence-electron chi connectivity index (χ0n) is 16.1. The molecule has 0 aliphatic carbocycles. The molecule has 0 saturated carbocycles. The van der Waals surface area contributed by atoms with E-state index >= 15 is 0 Å². The first kappa shape index (κ1) is 18.9. The van der Waals surface area contributed by atoms with Gasteiger partial charge in [-0.15, -0.1) is 11.3 Å². The normalized spacial score (nSPS) is 17.9. The summed E-state index contributed by atoms with van der Waals surface area (Å²) in [5, 5.41) is 8.93. The van der Waals surface area contributed by atoms with Gasteiger partial charge in [0.05, 0.1) is 11.2 Å². The summed E-state index contributed by atoms with van der Waals surface area (Å²) in [5.41, 5.74) is 1.33. The Morgan fingerprint density at radius 2 is 2.27 bits per heavy atom. The van der Waals surface area contributed by atoms with E-state index in [0.717, 1.165) is 51.4 Å². The van der Waals surface area contributed by atoms with Crippen LogP contribution in [-0.4, -0.2) is 51.8 Å². The first-order valence-corrected chi connectivity index (χ1v) is 10.4. The summed E-state index contributed by atoms with van der Waals surface area (Å²) in [4.78, 5) is 13.1. The van der Waals surface area contributed by atoms with Crippen LogP contribution in [-0.2, 0) is 26.3 Å². The summed E-state index contributed by atoms with van der Waals surface area (Å²) < 4.78 is 1.89. The zero-order valence-corrected chi connectivity index (χ0v) is 16.9. The Bertz CT molecular complexity index is 719. The van der Waals surface area contributed by atoms with Crippen LogP contribution in [0.2, 0.25) is 0 Å². The molecule has 3 rings (SSSR count). The maximum Gasteiger partial charge on any atom is 0.193 e. The third-order valence-corrected chi connectivity index (χ3v) is 5.94. The molecule has 0 radical (unpaired) electrons. The van der Waals surface area contributed by atoms with Gasteiger partial charge < -0.3 is 10.2 Å². The minimum Gasteiger partial charge on any atom is -0.357 e. The highest BCUT2D eigenvalue weighted by Gasteiger charge is 2.25. The van der Waals surface area contributed by atoms with Crippen molar-refractivity contribution >= 4 is 17.3 Å². The van der Waals surface area contributed by atoms with Crippen molar-refractivity contribution in [3.63, 3.8) is 0 Å². The topological polar surface area (TPSA) is 58.3 Å². The number of thiazole rings is 1. The van der Waals surface area contributed by atoms with E-state index in [2.05, 4.69) is 40.3 Å². The molecule has 1 aliphatic heterocycles. The van der Waals surface area contributed by atoms with Crippen LogP contribution < -0.4 is 5.32 Å². The molecule has 0 bridgehead atoms. The van der Waals surface area contributed by atoms with E-state index in [9.17, 15) is 0 Å². The van der Waals surface area contributed by atoms with Crippen LogP contribution in [0.15, 0.2) is 23.6 Å². The number of aliphatic imine (C=N–C) groups is 1. The van der Waals surface area contributed by atoms with Crippen molar-refractivity contribution in [2.45, 2.75) is 39.5 Å². The van der Waals surface area contributed by atoms with Crippen molar-refractivity contribution in [3.05, 3.63) is 34.0 Å². The van der Waals surface area contributed by atoms with Crippen molar-refractivity contribution in [3.8, 4) is 0 Å². The van der Waals surface area contributed by atoms with Crippen molar-refractivity contribution < 1.29 is 0 Å². The molecule has 0 amide bonds. The highest BCUT2D eigenvalue weighted by atomic mass is 32.1. The molecule has 1 unspecified atom stereocenters. The molecule has 3 heterocycles. The molecule has 7 heteroatoms. The Labute approximate surface area is 160 Å². The molecule has 1 aliphatic rings. The number of guanidine groups is 1. The van der Waals surface area contributed by atoms with Crippen LogP contribution in [0.25, 0.3) is 0 Å². The van der Waals surface area contributed by atoms with Gasteiger partial charge in [-0.05, 0) is 37.7 Å². The van der Waals surface area contributed by atoms with E-state index in [1.807, 2.05) is 35.5 Å². The van der Waals surface area contributed by atoms with Gasteiger partial charge in [-0.1, -0.05) is 6.92 Å². The number of aryl methyl sites for hydroxylation is 2. The summed E-state index contributed by atoms with van der Waals surface area (Å²) in [5.74, 6) is 1.72. The Morgan fingerprint density at radius 3 is 2.96 bits per heavy atom. The van der Waals surface area contributed by atoms with Gasteiger partial charge in [0.15, 0.2) is 5.96 Å². The molecular weight excluding hydrogens is 344 g/mol. The predicted octanol–water partition coefficient (Wildman–Crippen LogP) is 2.51. The van der Waals surface area contributed by atoms with Crippen LogP contribution in [0, 0.1) is 5.92 Å². The average molecular weight is 375 g/mol. The van der Waals surface area contributed by atoms with Crippen LogP contribution >= 0.6 is 11.3 Å². The van der Waals surface area contributed by atoms with Gasteiger partial charge in [0, 0.05) is 56.9 Å². The monoisotopic (exact) mass is 374 g/mol. The summed E-state index contributed by atoms with van der Waals surface area (Å²) in [6, 6.07) is 0. The lowest BCUT2D eigenvalue weighted by molar-refractivity contribution is 0.460. The molecule has 1 fully saturated rings. The van der Waals surface area contributed by atoms with E-state index in [-0.39, 0.29) is 0 Å². The van der Waals surface area contributed by atoms with Gasteiger partial charge in [0.25, 0.3) is 0 Å². The van der Waals surface area contributed by atoms with Crippen LogP contribution in [0.4, 0.5) is 0 Å². The maximum absolute atomic E-state index is 4.85. The molecule has 2 aromatic rings. The number of hydrogen-bond donors (Lipinski definition) is 1. The second-order valence-electron chi connectivity index (χ2n) is 6.89. The van der Waals surface area contributed by atoms with Gasteiger partial charge in [-0.25, -0.2) is 4.98 Å². The third kappa shape index (κ3) is 5.06. The number of nitrogens with zero attached hydrogens (tertiary/aromatic N) is 5. The number of nitrogens with one attached hydrogen (secondary N) is 1. The second kappa shape index (κ2) is 9.16. The molecule has 0 aromatic carbocycles. The van der Waals surface area contributed by atoms with E-state index in [1.54, 1.807) is 0 Å². The molecule has 1 N–H and O–H groups in total. The SMILES string of the molecule is CCNC(=NCCc1ncc(CC)s1)N1CCC(Cc2cnn(C)c2)C1. The lowest BCUT2D eigenvalue weighted by atomic mass is 10.0. The van der Waals surface area contributed by atoms with Gasteiger partial charge in [0.1, 0.15) is 0 Å². The predicted molar refractivity (Wildman–Crippen MR) is 108 cm³/mol. The summed E-state index contributed by atoms with van der Waals surface area (Å²) in [7, 11) is 1.98. The minimum absolute atomic E-state index is 0.675. The highest BCUT2D eigenvalue weighted by molar-refractivity contribution is 7.11. The minimum atomic E-state index is 0.675. The molecule has 1 atom stereocenters. The highest BCUT2D eigenvalue weighted by Crippen LogP contribution is 2.21. The maximum atomic E-state index is 4.85. The van der Waals surface area contributed by atoms with Gasteiger partial charge in [-0.2, -0.15) is 5.10 Å². The molecule has 142 valence electrons. The Kier molecular flexibility index (Phi) is 6.66. The lowest BCUT2D eigenvalue weighted by Crippen LogP contribution is -2.40. The van der Waals surface area contributed by atoms with Crippen LogP contribution in [0.5, 0.6) is 0 Å². The Hall–Kier alpha value is -1.89. The van der Waals surface area contributed by atoms with E-state index in [4.69, 9.17) is 4.99 Å². The second-order valence-corrected chi connectivity index (χ2v) is 8.09. The molecule has 26 heavy (non-hydrogen) atoms. The molecule has 2 aromatic heterocycles. The number of aromatic nitrogens is 3. The van der Waals surface area contributed by atoms with Crippen molar-refractivity contribution in [2.24, 2.45) is 18.0 Å². The third-order valence-electron chi connectivity index (χ3n) is 4.74. The first-order chi connectivity index (χ1) is 12.7. The van der Waals surface area contributed by atoms with Gasteiger partial charge in [-0.3, -0.25) is 9.67 Å². The van der Waals surface area contributed by atoms with E-state index in [0.29, 0.717) is 5.92 Å². The summed E-state index contributed by atoms with van der Waals surface area (Å²) in [6.07, 6.45) is 10.4. The summed E-state index contributed by atoms with van der Waals surface area (Å²) >= 11 is 1.81. The summed E-state index contributed by atoms with van der Waals surface area (Å²) in [6.45, 7) is 8.15. The smallest absolute Gasteiger partial charge is 0.193 e. The largest absolute Gasteiger partial charge is 0.357 e. The van der Waals surface area contributed by atoms with E-state index in [1.165, 1.54) is 21.9 Å². The lowest BCUT2D eigenvalue weighted by Gasteiger charge is -2.21. The fourth-order valence-corrected chi connectivity index (χ4v) is 4.26. The fourth-order valence-electron chi connectivity index (χ4n) is 3.41. The fraction of sp³-hybridized carbons (Fsp3) is 0.632.